The third-order valence-corrected chi connectivity index (χ3v) is 2.52. The first-order valence-electron chi connectivity index (χ1n) is 5.75. The van der Waals surface area contributed by atoms with Gasteiger partial charge < -0.3 is 9.47 Å². The number of carbonyl (C=O) groups is 1. The van der Waals surface area contributed by atoms with E-state index in [2.05, 4.69) is 6.58 Å². The lowest BCUT2D eigenvalue weighted by Crippen LogP contribution is -2.03. The fourth-order valence-electron chi connectivity index (χ4n) is 1.77. The summed E-state index contributed by atoms with van der Waals surface area (Å²) in [7, 11) is 0. The standard InChI is InChI=1S/C15H14O3/c1-3-15(16)18-14-10-6-7-11-12(14)8-5-9-13(11)17-4-2/h3,5-10H,1,4H2,2H3. The first-order chi connectivity index (χ1) is 8.76. The summed E-state index contributed by atoms with van der Waals surface area (Å²) >= 11 is 0. The number of benzene rings is 2. The van der Waals surface area contributed by atoms with Crippen molar-refractivity contribution in [2.45, 2.75) is 6.92 Å². The van der Waals surface area contributed by atoms with E-state index in [0.29, 0.717) is 12.4 Å². The van der Waals surface area contributed by atoms with E-state index >= 15 is 0 Å². The zero-order valence-corrected chi connectivity index (χ0v) is 10.2. The zero-order chi connectivity index (χ0) is 13.0. The van der Waals surface area contributed by atoms with E-state index in [0.717, 1.165) is 22.6 Å². The number of hydrogen-bond donors (Lipinski definition) is 0. The molecule has 2 aromatic rings. The number of fused-ring (bicyclic) bond motifs is 1. The molecule has 0 radical (unpaired) electrons. The van der Waals surface area contributed by atoms with Crippen LogP contribution in [0.5, 0.6) is 11.5 Å². The monoisotopic (exact) mass is 242 g/mol. The summed E-state index contributed by atoms with van der Waals surface area (Å²) in [5, 5.41) is 1.77. The van der Waals surface area contributed by atoms with Crippen LogP contribution < -0.4 is 9.47 Å². The van der Waals surface area contributed by atoms with Gasteiger partial charge in [-0.05, 0) is 19.1 Å². The molecule has 3 heteroatoms. The van der Waals surface area contributed by atoms with Gasteiger partial charge in [-0.2, -0.15) is 0 Å². The summed E-state index contributed by atoms with van der Waals surface area (Å²) in [6.45, 7) is 5.91. The molecule has 0 saturated heterocycles. The molecule has 0 aliphatic heterocycles. The average Bonchev–Trinajstić information content (AvgIpc) is 2.40. The van der Waals surface area contributed by atoms with Crippen molar-refractivity contribution in [2.75, 3.05) is 6.61 Å². The van der Waals surface area contributed by atoms with Crippen molar-refractivity contribution in [3.8, 4) is 11.5 Å². The van der Waals surface area contributed by atoms with Crippen LogP contribution in [-0.4, -0.2) is 12.6 Å². The molecule has 2 rings (SSSR count). The predicted octanol–water partition coefficient (Wildman–Crippen LogP) is 3.33. The molecule has 0 unspecified atom stereocenters. The maximum absolute atomic E-state index is 11.3. The molecular weight excluding hydrogens is 228 g/mol. The summed E-state index contributed by atoms with van der Waals surface area (Å²) < 4.78 is 10.7. The van der Waals surface area contributed by atoms with Crippen LogP contribution in [0.15, 0.2) is 49.1 Å². The van der Waals surface area contributed by atoms with Gasteiger partial charge in [-0.1, -0.05) is 30.8 Å². The fourth-order valence-corrected chi connectivity index (χ4v) is 1.77. The first kappa shape index (κ1) is 12.2. The fraction of sp³-hybridized carbons (Fsp3) is 0.133. The van der Waals surface area contributed by atoms with Gasteiger partial charge in [0.1, 0.15) is 11.5 Å². The molecule has 0 bridgehead atoms. The minimum Gasteiger partial charge on any atom is -0.493 e. The van der Waals surface area contributed by atoms with Crippen LogP contribution in [0.4, 0.5) is 0 Å². The third-order valence-electron chi connectivity index (χ3n) is 2.52. The second-order valence-corrected chi connectivity index (χ2v) is 3.67. The van der Waals surface area contributed by atoms with Gasteiger partial charge in [-0.25, -0.2) is 4.79 Å². The predicted molar refractivity (Wildman–Crippen MR) is 70.9 cm³/mol. The van der Waals surface area contributed by atoms with Gasteiger partial charge >= 0.3 is 5.97 Å². The van der Waals surface area contributed by atoms with Crippen molar-refractivity contribution in [1.29, 1.82) is 0 Å². The van der Waals surface area contributed by atoms with Crippen LogP contribution in [0, 0.1) is 0 Å². The van der Waals surface area contributed by atoms with Crippen LogP contribution in [-0.2, 0) is 4.79 Å². The van der Waals surface area contributed by atoms with E-state index in [1.54, 1.807) is 6.07 Å². The van der Waals surface area contributed by atoms with E-state index < -0.39 is 5.97 Å². The van der Waals surface area contributed by atoms with E-state index in [-0.39, 0.29) is 0 Å². The van der Waals surface area contributed by atoms with Crippen LogP contribution in [0.3, 0.4) is 0 Å². The number of esters is 1. The zero-order valence-electron chi connectivity index (χ0n) is 10.2. The van der Waals surface area contributed by atoms with Crippen LogP contribution in [0.1, 0.15) is 6.92 Å². The summed E-state index contributed by atoms with van der Waals surface area (Å²) in [6.07, 6.45) is 1.14. The smallest absolute Gasteiger partial charge is 0.335 e. The molecule has 0 N–H and O–H groups in total. The molecule has 0 heterocycles. The van der Waals surface area contributed by atoms with E-state index in [1.807, 2.05) is 37.3 Å². The summed E-state index contributed by atoms with van der Waals surface area (Å²) in [5.41, 5.74) is 0. The lowest BCUT2D eigenvalue weighted by atomic mass is 10.1. The van der Waals surface area contributed by atoms with Crippen molar-refractivity contribution >= 4 is 16.7 Å². The Bertz CT molecular complexity index is 587. The van der Waals surface area contributed by atoms with Gasteiger partial charge in [0.15, 0.2) is 0 Å². The van der Waals surface area contributed by atoms with Gasteiger partial charge in [0.05, 0.1) is 6.61 Å². The van der Waals surface area contributed by atoms with E-state index in [4.69, 9.17) is 9.47 Å². The molecule has 0 aliphatic carbocycles. The van der Waals surface area contributed by atoms with Gasteiger partial charge in [0, 0.05) is 16.8 Å². The highest BCUT2D eigenvalue weighted by molar-refractivity contribution is 5.95. The van der Waals surface area contributed by atoms with Crippen molar-refractivity contribution in [3.63, 3.8) is 0 Å². The quantitative estimate of drug-likeness (QED) is 0.468. The van der Waals surface area contributed by atoms with Gasteiger partial charge in [0.25, 0.3) is 0 Å². The lowest BCUT2D eigenvalue weighted by molar-refractivity contribution is -0.128. The normalized spacial score (nSPS) is 10.1. The minimum absolute atomic E-state index is 0.468. The van der Waals surface area contributed by atoms with Crippen LogP contribution in [0.2, 0.25) is 0 Å². The Balaban J connectivity index is 2.52. The lowest BCUT2D eigenvalue weighted by Gasteiger charge is -2.10. The van der Waals surface area contributed by atoms with Gasteiger partial charge in [-0.15, -0.1) is 0 Å². The molecule has 0 fully saturated rings. The van der Waals surface area contributed by atoms with Crippen LogP contribution in [0.25, 0.3) is 10.8 Å². The summed E-state index contributed by atoms with van der Waals surface area (Å²) in [4.78, 5) is 11.3. The van der Waals surface area contributed by atoms with Gasteiger partial charge in [-0.3, -0.25) is 0 Å². The molecular formula is C15H14O3. The molecule has 0 aliphatic rings. The second-order valence-electron chi connectivity index (χ2n) is 3.67. The molecule has 0 atom stereocenters. The molecule has 92 valence electrons. The number of ether oxygens (including phenoxy) is 2. The van der Waals surface area contributed by atoms with E-state index in [1.165, 1.54) is 0 Å². The molecule has 3 nitrogen and oxygen atoms in total. The van der Waals surface area contributed by atoms with Crippen molar-refractivity contribution in [3.05, 3.63) is 49.1 Å². The Morgan fingerprint density at radius 1 is 1.17 bits per heavy atom. The van der Waals surface area contributed by atoms with Crippen molar-refractivity contribution < 1.29 is 14.3 Å². The maximum Gasteiger partial charge on any atom is 0.335 e. The SMILES string of the molecule is C=CC(=O)Oc1cccc2c(OCC)cccc12. The average molecular weight is 242 g/mol. The van der Waals surface area contributed by atoms with Gasteiger partial charge in [0.2, 0.25) is 0 Å². The van der Waals surface area contributed by atoms with Crippen LogP contribution >= 0.6 is 0 Å². The molecule has 0 amide bonds. The highest BCUT2D eigenvalue weighted by Crippen LogP contribution is 2.32. The highest BCUT2D eigenvalue weighted by Gasteiger charge is 2.08. The van der Waals surface area contributed by atoms with Crippen molar-refractivity contribution in [2.24, 2.45) is 0 Å². The van der Waals surface area contributed by atoms with Crippen molar-refractivity contribution in [1.82, 2.24) is 0 Å². The maximum atomic E-state index is 11.3. The topological polar surface area (TPSA) is 35.5 Å². The Kier molecular flexibility index (Phi) is 3.63. The Labute approximate surface area is 106 Å². The number of hydrogen-bond acceptors (Lipinski definition) is 3. The largest absolute Gasteiger partial charge is 0.493 e. The summed E-state index contributed by atoms with van der Waals surface area (Å²) in [6, 6.07) is 11.2. The highest BCUT2D eigenvalue weighted by atomic mass is 16.5. The Hall–Kier alpha value is -2.29. The molecule has 2 aromatic carbocycles. The summed E-state index contributed by atoms with van der Waals surface area (Å²) in [5.74, 6) is 0.828. The Morgan fingerprint density at radius 2 is 1.78 bits per heavy atom. The van der Waals surface area contributed by atoms with E-state index in [9.17, 15) is 4.79 Å². The Morgan fingerprint density at radius 3 is 2.39 bits per heavy atom. The first-order valence-corrected chi connectivity index (χ1v) is 5.75. The minimum atomic E-state index is -0.468. The number of rotatable bonds is 4. The second kappa shape index (κ2) is 5.36. The molecule has 0 aromatic heterocycles. The number of carbonyl (C=O) groups excluding carboxylic acids is 1. The molecule has 0 saturated carbocycles. The third kappa shape index (κ3) is 2.35. The molecule has 18 heavy (non-hydrogen) atoms. The molecule has 0 spiro atoms.